The summed E-state index contributed by atoms with van der Waals surface area (Å²) in [5, 5.41) is 0. The van der Waals surface area contributed by atoms with E-state index in [0.29, 0.717) is 5.92 Å². The van der Waals surface area contributed by atoms with Gasteiger partial charge in [0.25, 0.3) is 0 Å². The van der Waals surface area contributed by atoms with Gasteiger partial charge < -0.3 is 4.74 Å². The molecule has 0 bridgehead atoms. The number of carbonyl (C=O) groups is 1. The van der Waals surface area contributed by atoms with Gasteiger partial charge in [0, 0.05) is 25.0 Å². The van der Waals surface area contributed by atoms with Crippen LogP contribution < -0.4 is 0 Å². The molecule has 0 spiro atoms. The lowest BCUT2D eigenvalue weighted by Crippen LogP contribution is -2.47. The monoisotopic (exact) mass is 318 g/mol. The van der Waals surface area contributed by atoms with E-state index in [1.54, 1.807) is 0 Å². The van der Waals surface area contributed by atoms with E-state index in [-0.39, 0.29) is 24.0 Å². The van der Waals surface area contributed by atoms with Crippen molar-refractivity contribution in [2.24, 2.45) is 11.8 Å². The van der Waals surface area contributed by atoms with Crippen LogP contribution >= 0.6 is 0 Å². The van der Waals surface area contributed by atoms with E-state index >= 15 is 0 Å². The van der Waals surface area contributed by atoms with Crippen molar-refractivity contribution in [2.75, 3.05) is 6.54 Å². The Kier molecular flexibility index (Phi) is 5.45. The van der Waals surface area contributed by atoms with E-state index < -0.39 is 5.60 Å². The number of carbonyl (C=O) groups excluding carboxylic acids is 1. The van der Waals surface area contributed by atoms with Gasteiger partial charge in [0.2, 0.25) is 0 Å². The molecule has 0 saturated carbocycles. The molecule has 2 heterocycles. The third-order valence-electron chi connectivity index (χ3n) is 4.28. The number of likely N-dealkylation sites (tertiary alicyclic amines) is 1. The molecule has 3 unspecified atom stereocenters. The summed E-state index contributed by atoms with van der Waals surface area (Å²) in [6.45, 7) is 13.2. The second-order valence-electron chi connectivity index (χ2n) is 8.06. The fourth-order valence-electron chi connectivity index (χ4n) is 3.45. The summed E-state index contributed by atoms with van der Waals surface area (Å²) in [4.78, 5) is 19.2. The van der Waals surface area contributed by atoms with Crippen LogP contribution in [0.3, 0.4) is 0 Å². The van der Waals surface area contributed by atoms with Crippen LogP contribution in [0.5, 0.6) is 0 Å². The highest BCUT2D eigenvalue weighted by Crippen LogP contribution is 2.38. The number of rotatable bonds is 4. The van der Waals surface area contributed by atoms with Crippen LogP contribution in [0.15, 0.2) is 24.5 Å². The van der Waals surface area contributed by atoms with Crippen molar-refractivity contribution in [3.05, 3.63) is 30.1 Å². The SMILES string of the molecule is CC1CC(c2ccncc2)N(C(C(=O)OC(C)(C)C)C(C)C)C1. The first kappa shape index (κ1) is 17.9. The summed E-state index contributed by atoms with van der Waals surface area (Å²) >= 11 is 0. The maximum atomic E-state index is 12.8. The van der Waals surface area contributed by atoms with Crippen molar-refractivity contribution in [3.63, 3.8) is 0 Å². The van der Waals surface area contributed by atoms with E-state index in [1.807, 2.05) is 33.2 Å². The van der Waals surface area contributed by atoms with Gasteiger partial charge in [0.05, 0.1) is 0 Å². The molecule has 1 aliphatic rings. The Morgan fingerprint density at radius 2 is 1.91 bits per heavy atom. The van der Waals surface area contributed by atoms with Crippen molar-refractivity contribution in [3.8, 4) is 0 Å². The van der Waals surface area contributed by atoms with Crippen LogP contribution in [-0.4, -0.2) is 34.0 Å². The fourth-order valence-corrected chi connectivity index (χ4v) is 3.45. The number of aromatic nitrogens is 1. The Hall–Kier alpha value is -1.42. The zero-order chi connectivity index (χ0) is 17.2. The highest BCUT2D eigenvalue weighted by Gasteiger charge is 2.41. The Bertz CT molecular complexity index is 522. The standard InChI is InChI=1S/C19H30N2O2/c1-13(2)17(18(22)23-19(4,5)6)21-12-14(3)11-16(21)15-7-9-20-10-8-15/h7-10,13-14,16-17H,11-12H2,1-6H3. The smallest absolute Gasteiger partial charge is 0.324 e. The van der Waals surface area contributed by atoms with Crippen LogP contribution in [0, 0.1) is 11.8 Å². The van der Waals surface area contributed by atoms with Gasteiger partial charge in [-0.3, -0.25) is 14.7 Å². The van der Waals surface area contributed by atoms with Gasteiger partial charge in [-0.25, -0.2) is 0 Å². The van der Waals surface area contributed by atoms with Gasteiger partial charge in [0.1, 0.15) is 11.6 Å². The molecule has 1 aromatic heterocycles. The minimum atomic E-state index is -0.457. The number of nitrogens with zero attached hydrogens (tertiary/aromatic N) is 2. The highest BCUT2D eigenvalue weighted by molar-refractivity contribution is 5.76. The van der Waals surface area contributed by atoms with Gasteiger partial charge in [-0.15, -0.1) is 0 Å². The molecule has 4 heteroatoms. The molecule has 4 nitrogen and oxygen atoms in total. The summed E-state index contributed by atoms with van der Waals surface area (Å²) in [7, 11) is 0. The molecule has 0 aliphatic carbocycles. The van der Waals surface area contributed by atoms with Crippen molar-refractivity contribution >= 4 is 5.97 Å². The highest BCUT2D eigenvalue weighted by atomic mass is 16.6. The number of hydrogen-bond acceptors (Lipinski definition) is 4. The first-order valence-corrected chi connectivity index (χ1v) is 8.57. The third-order valence-corrected chi connectivity index (χ3v) is 4.28. The minimum Gasteiger partial charge on any atom is -0.459 e. The largest absolute Gasteiger partial charge is 0.459 e. The number of esters is 1. The van der Waals surface area contributed by atoms with E-state index in [4.69, 9.17) is 4.74 Å². The van der Waals surface area contributed by atoms with Gasteiger partial charge >= 0.3 is 5.97 Å². The first-order valence-electron chi connectivity index (χ1n) is 8.57. The maximum Gasteiger partial charge on any atom is 0.324 e. The van der Waals surface area contributed by atoms with Gasteiger partial charge in [-0.2, -0.15) is 0 Å². The normalized spacial score (nSPS) is 24.0. The second-order valence-corrected chi connectivity index (χ2v) is 8.06. The second kappa shape index (κ2) is 7.00. The molecular formula is C19H30N2O2. The van der Waals surface area contributed by atoms with Crippen LogP contribution in [-0.2, 0) is 9.53 Å². The van der Waals surface area contributed by atoms with Crippen molar-refractivity contribution in [1.82, 2.24) is 9.88 Å². The summed E-state index contributed by atoms with van der Waals surface area (Å²) in [6, 6.07) is 4.16. The van der Waals surface area contributed by atoms with E-state index in [1.165, 1.54) is 5.56 Å². The lowest BCUT2D eigenvalue weighted by atomic mass is 9.98. The molecule has 3 atom stereocenters. The Morgan fingerprint density at radius 3 is 2.43 bits per heavy atom. The summed E-state index contributed by atoms with van der Waals surface area (Å²) in [5.41, 5.74) is 0.778. The molecule has 1 fully saturated rings. The van der Waals surface area contributed by atoms with Crippen LogP contribution in [0.4, 0.5) is 0 Å². The van der Waals surface area contributed by atoms with E-state index in [2.05, 4.69) is 42.8 Å². The molecule has 1 aliphatic heterocycles. The van der Waals surface area contributed by atoms with Crippen molar-refractivity contribution < 1.29 is 9.53 Å². The zero-order valence-corrected chi connectivity index (χ0v) is 15.2. The van der Waals surface area contributed by atoms with Crippen LogP contribution in [0.1, 0.15) is 59.6 Å². The molecule has 23 heavy (non-hydrogen) atoms. The lowest BCUT2D eigenvalue weighted by molar-refractivity contribution is -0.164. The summed E-state index contributed by atoms with van der Waals surface area (Å²) in [6.07, 6.45) is 4.72. The Morgan fingerprint density at radius 1 is 1.30 bits per heavy atom. The molecular weight excluding hydrogens is 288 g/mol. The summed E-state index contributed by atoms with van der Waals surface area (Å²) in [5.74, 6) is 0.664. The summed E-state index contributed by atoms with van der Waals surface area (Å²) < 4.78 is 5.70. The van der Waals surface area contributed by atoms with Gasteiger partial charge in [0.15, 0.2) is 0 Å². The van der Waals surface area contributed by atoms with Crippen LogP contribution in [0.25, 0.3) is 0 Å². The van der Waals surface area contributed by atoms with Crippen molar-refractivity contribution in [2.45, 2.75) is 65.6 Å². The molecule has 128 valence electrons. The number of ether oxygens (including phenoxy) is 1. The Labute approximate surface area is 140 Å². The van der Waals surface area contributed by atoms with Crippen LogP contribution in [0.2, 0.25) is 0 Å². The Balaban J connectivity index is 2.27. The lowest BCUT2D eigenvalue weighted by Gasteiger charge is -2.36. The number of pyridine rings is 1. The van der Waals surface area contributed by atoms with E-state index in [0.717, 1.165) is 13.0 Å². The molecule has 1 aromatic rings. The fraction of sp³-hybridized carbons (Fsp3) is 0.684. The van der Waals surface area contributed by atoms with Gasteiger partial charge in [-0.05, 0) is 56.7 Å². The predicted molar refractivity (Wildman–Crippen MR) is 91.9 cm³/mol. The molecule has 0 amide bonds. The molecule has 1 saturated heterocycles. The minimum absolute atomic E-state index is 0.111. The van der Waals surface area contributed by atoms with Gasteiger partial charge in [-0.1, -0.05) is 20.8 Å². The zero-order valence-electron chi connectivity index (χ0n) is 15.2. The average Bonchev–Trinajstić information content (AvgIpc) is 2.79. The topological polar surface area (TPSA) is 42.4 Å². The average molecular weight is 318 g/mol. The first-order chi connectivity index (χ1) is 10.7. The maximum absolute atomic E-state index is 12.8. The predicted octanol–water partition coefficient (Wildman–Crippen LogP) is 3.83. The molecule has 0 N–H and O–H groups in total. The molecule has 0 radical (unpaired) electrons. The molecule has 0 aromatic carbocycles. The number of hydrogen-bond donors (Lipinski definition) is 0. The van der Waals surface area contributed by atoms with Crippen molar-refractivity contribution in [1.29, 1.82) is 0 Å². The quantitative estimate of drug-likeness (QED) is 0.791. The third kappa shape index (κ3) is 4.54. The molecule has 2 rings (SSSR count). The van der Waals surface area contributed by atoms with E-state index in [9.17, 15) is 4.79 Å².